The van der Waals surface area contributed by atoms with Crippen LogP contribution in [0.15, 0.2) is 4.99 Å². The van der Waals surface area contributed by atoms with Crippen molar-refractivity contribution in [3.05, 3.63) is 0 Å². The molecule has 0 bridgehead atoms. The molecule has 0 saturated carbocycles. The van der Waals surface area contributed by atoms with Crippen LogP contribution in [-0.4, -0.2) is 59.2 Å². The van der Waals surface area contributed by atoms with Crippen molar-refractivity contribution >= 4 is 29.9 Å². The van der Waals surface area contributed by atoms with Crippen molar-refractivity contribution in [2.45, 2.75) is 25.4 Å². The summed E-state index contributed by atoms with van der Waals surface area (Å²) in [5.41, 5.74) is 0. The predicted molar refractivity (Wildman–Crippen MR) is 87.4 cm³/mol. The molecule has 5 nitrogen and oxygen atoms in total. The van der Waals surface area contributed by atoms with Gasteiger partial charge in [0.2, 0.25) is 0 Å². The van der Waals surface area contributed by atoms with E-state index in [1.54, 1.807) is 7.11 Å². The molecule has 9 heteroatoms. The average molecular weight is 427 g/mol. The van der Waals surface area contributed by atoms with E-state index in [-0.39, 0.29) is 30.5 Å². The summed E-state index contributed by atoms with van der Waals surface area (Å²) < 4.78 is 46.0. The number of unbranched alkanes of at least 4 members (excludes halogenated alkanes) is 1. The number of guanidine groups is 1. The van der Waals surface area contributed by atoms with E-state index in [1.807, 2.05) is 0 Å². The van der Waals surface area contributed by atoms with E-state index in [2.05, 4.69) is 15.6 Å². The van der Waals surface area contributed by atoms with Gasteiger partial charge in [-0.1, -0.05) is 0 Å². The van der Waals surface area contributed by atoms with E-state index in [1.165, 1.54) is 7.05 Å². The normalized spacial score (nSPS) is 12.0. The lowest BCUT2D eigenvalue weighted by atomic mass is 10.3. The second-order valence-electron chi connectivity index (χ2n) is 4.10. The highest BCUT2D eigenvalue weighted by Crippen LogP contribution is 2.17. The average Bonchev–Trinajstić information content (AvgIpc) is 2.38. The van der Waals surface area contributed by atoms with Crippen LogP contribution < -0.4 is 10.6 Å². The Labute approximate surface area is 141 Å². The van der Waals surface area contributed by atoms with Gasteiger partial charge in [-0.05, 0) is 12.8 Å². The predicted octanol–water partition coefficient (Wildman–Crippen LogP) is 2.17. The minimum absolute atomic E-state index is 0. The summed E-state index contributed by atoms with van der Waals surface area (Å²) in [4.78, 5) is 3.85. The molecule has 0 fully saturated rings. The van der Waals surface area contributed by atoms with Crippen LogP contribution in [0.5, 0.6) is 0 Å². The van der Waals surface area contributed by atoms with Gasteiger partial charge in [-0.15, -0.1) is 24.0 Å². The highest BCUT2D eigenvalue weighted by Gasteiger charge is 2.26. The molecule has 2 N–H and O–H groups in total. The molecular weight excluding hydrogens is 402 g/mol. The Morgan fingerprint density at radius 1 is 1.05 bits per heavy atom. The summed E-state index contributed by atoms with van der Waals surface area (Å²) in [7, 11) is 3.14. The van der Waals surface area contributed by atoms with Gasteiger partial charge < -0.3 is 20.1 Å². The van der Waals surface area contributed by atoms with Gasteiger partial charge in [0.15, 0.2) is 5.96 Å². The molecule has 0 aromatic carbocycles. The zero-order valence-electron chi connectivity index (χ0n) is 12.5. The first kappa shape index (κ1) is 23.0. The maximum Gasteiger partial charge on any atom is 0.390 e. The van der Waals surface area contributed by atoms with Gasteiger partial charge in [0, 0.05) is 33.9 Å². The Hall–Kier alpha value is -0.290. The van der Waals surface area contributed by atoms with E-state index in [0.717, 1.165) is 12.8 Å². The Balaban J connectivity index is 0. The fourth-order valence-electron chi connectivity index (χ4n) is 1.32. The summed E-state index contributed by atoms with van der Waals surface area (Å²) in [6, 6.07) is 0. The molecule has 0 rings (SSSR count). The molecule has 0 spiro atoms. The van der Waals surface area contributed by atoms with E-state index < -0.39 is 12.6 Å². The largest absolute Gasteiger partial charge is 0.390 e. The third-order valence-electron chi connectivity index (χ3n) is 2.36. The first-order chi connectivity index (χ1) is 9.49. The quantitative estimate of drug-likeness (QED) is 0.243. The highest BCUT2D eigenvalue weighted by molar-refractivity contribution is 14.0. The molecule has 0 aromatic rings. The van der Waals surface area contributed by atoms with Gasteiger partial charge in [0.1, 0.15) is 0 Å². The minimum Gasteiger partial charge on any atom is -0.382 e. The van der Waals surface area contributed by atoms with E-state index in [9.17, 15) is 13.2 Å². The molecule has 0 heterocycles. The number of hydrogen-bond acceptors (Lipinski definition) is 3. The van der Waals surface area contributed by atoms with Gasteiger partial charge in [-0.2, -0.15) is 13.2 Å². The van der Waals surface area contributed by atoms with E-state index in [0.29, 0.717) is 32.3 Å². The highest BCUT2D eigenvalue weighted by atomic mass is 127. The lowest BCUT2D eigenvalue weighted by Crippen LogP contribution is -2.39. The van der Waals surface area contributed by atoms with E-state index >= 15 is 0 Å². The lowest BCUT2D eigenvalue weighted by Gasteiger charge is -2.12. The van der Waals surface area contributed by atoms with Gasteiger partial charge >= 0.3 is 6.18 Å². The zero-order valence-corrected chi connectivity index (χ0v) is 14.8. The van der Waals surface area contributed by atoms with Crippen LogP contribution in [0, 0.1) is 0 Å². The second kappa shape index (κ2) is 14.6. The molecule has 128 valence electrons. The van der Waals surface area contributed by atoms with Gasteiger partial charge in [-0.25, -0.2) is 0 Å². The fraction of sp³-hybridized carbons (Fsp3) is 0.917. The number of hydrogen-bond donors (Lipinski definition) is 2. The van der Waals surface area contributed by atoms with Crippen LogP contribution in [0.1, 0.15) is 19.3 Å². The molecule has 0 aliphatic heterocycles. The smallest absolute Gasteiger partial charge is 0.382 e. The summed E-state index contributed by atoms with van der Waals surface area (Å²) in [5, 5.41) is 5.56. The van der Waals surface area contributed by atoms with Crippen LogP contribution >= 0.6 is 24.0 Å². The number of nitrogens with one attached hydrogen (secondary N) is 2. The molecule has 0 aliphatic carbocycles. The number of methoxy groups -OCH3 is 1. The van der Waals surface area contributed by atoms with Gasteiger partial charge in [0.05, 0.1) is 19.6 Å². The van der Waals surface area contributed by atoms with Crippen molar-refractivity contribution in [1.29, 1.82) is 0 Å². The Bertz CT molecular complexity index is 267. The number of halogens is 4. The van der Waals surface area contributed by atoms with Crippen LogP contribution in [0.25, 0.3) is 0 Å². The number of nitrogens with zero attached hydrogens (tertiary/aromatic N) is 1. The maximum atomic E-state index is 12.0. The van der Waals surface area contributed by atoms with Crippen molar-refractivity contribution in [2.24, 2.45) is 4.99 Å². The first-order valence-corrected chi connectivity index (χ1v) is 6.57. The van der Waals surface area contributed by atoms with Crippen molar-refractivity contribution in [1.82, 2.24) is 10.6 Å². The third-order valence-corrected chi connectivity index (χ3v) is 2.36. The molecule has 0 saturated heterocycles. The SMILES string of the molecule is CN=C(NCCCCOCCOC)NCCC(F)(F)F.I. The molecule has 0 atom stereocenters. The van der Waals surface area contributed by atoms with Crippen molar-refractivity contribution in [2.75, 3.05) is 47.1 Å². The summed E-state index contributed by atoms with van der Waals surface area (Å²) in [6.07, 6.45) is -3.30. The van der Waals surface area contributed by atoms with Crippen LogP contribution in [-0.2, 0) is 9.47 Å². The molecule has 21 heavy (non-hydrogen) atoms. The van der Waals surface area contributed by atoms with E-state index in [4.69, 9.17) is 9.47 Å². The topological polar surface area (TPSA) is 54.9 Å². The molecule has 0 aliphatic rings. The maximum absolute atomic E-state index is 12.0. The van der Waals surface area contributed by atoms with Gasteiger partial charge in [0.25, 0.3) is 0 Å². The Morgan fingerprint density at radius 2 is 1.71 bits per heavy atom. The van der Waals surface area contributed by atoms with Crippen molar-refractivity contribution in [3.8, 4) is 0 Å². The zero-order chi connectivity index (χ0) is 15.3. The summed E-state index contributed by atoms with van der Waals surface area (Å²) >= 11 is 0. The Morgan fingerprint density at radius 3 is 2.29 bits per heavy atom. The molecular formula is C12H25F3IN3O2. The van der Waals surface area contributed by atoms with Gasteiger partial charge in [-0.3, -0.25) is 4.99 Å². The standard InChI is InChI=1S/C12H24F3N3O2.HI/c1-16-11(18-7-5-12(13,14)15)17-6-3-4-8-20-10-9-19-2;/h3-10H2,1-2H3,(H2,16,17,18);1H. The number of rotatable bonds is 10. The fourth-order valence-corrected chi connectivity index (χ4v) is 1.32. The van der Waals surface area contributed by atoms with Crippen LogP contribution in [0.3, 0.4) is 0 Å². The minimum atomic E-state index is -4.15. The molecule has 0 aromatic heterocycles. The number of aliphatic imine (C=N–C) groups is 1. The summed E-state index contributed by atoms with van der Waals surface area (Å²) in [6.45, 7) is 2.26. The van der Waals surface area contributed by atoms with Crippen molar-refractivity contribution in [3.63, 3.8) is 0 Å². The second-order valence-corrected chi connectivity index (χ2v) is 4.10. The van der Waals surface area contributed by atoms with Crippen LogP contribution in [0.4, 0.5) is 13.2 Å². The Kier molecular flexibility index (Phi) is 16.0. The molecule has 0 radical (unpaired) electrons. The molecule has 0 unspecified atom stereocenters. The lowest BCUT2D eigenvalue weighted by molar-refractivity contribution is -0.132. The number of ether oxygens (including phenoxy) is 2. The number of alkyl halides is 3. The molecule has 0 amide bonds. The van der Waals surface area contributed by atoms with Crippen LogP contribution in [0.2, 0.25) is 0 Å². The monoisotopic (exact) mass is 427 g/mol. The first-order valence-electron chi connectivity index (χ1n) is 6.57. The summed E-state index contributed by atoms with van der Waals surface area (Å²) in [5.74, 6) is 0.384. The third kappa shape index (κ3) is 17.7. The van der Waals surface area contributed by atoms with Crippen molar-refractivity contribution < 1.29 is 22.6 Å².